The molecule has 0 unspecified atom stereocenters. The summed E-state index contributed by atoms with van der Waals surface area (Å²) in [5, 5.41) is 3.18. The summed E-state index contributed by atoms with van der Waals surface area (Å²) in [4.78, 5) is 11.2. The third-order valence-electron chi connectivity index (χ3n) is 2.73. The summed E-state index contributed by atoms with van der Waals surface area (Å²) in [6.45, 7) is 2.01. The molecule has 0 spiro atoms. The monoisotopic (exact) mass is 319 g/mol. The third kappa shape index (κ3) is 3.06. The van der Waals surface area contributed by atoms with E-state index in [-0.39, 0.29) is 0 Å². The number of hydrogen-bond acceptors (Lipinski definition) is 3. The second-order valence-corrected chi connectivity index (χ2v) is 5.13. The number of nitrogens with one attached hydrogen (secondary N) is 1. The van der Waals surface area contributed by atoms with E-state index in [0.717, 1.165) is 15.7 Å². The van der Waals surface area contributed by atoms with Crippen LogP contribution in [-0.4, -0.2) is 5.91 Å². The molecule has 0 heterocycles. The summed E-state index contributed by atoms with van der Waals surface area (Å²) < 4.78 is 0.927. The molecule has 2 aromatic carbocycles. The highest BCUT2D eigenvalue weighted by molar-refractivity contribution is 9.10. The van der Waals surface area contributed by atoms with E-state index in [0.29, 0.717) is 16.9 Å². The van der Waals surface area contributed by atoms with E-state index in [9.17, 15) is 4.79 Å². The Kier molecular flexibility index (Phi) is 3.76. The molecule has 5 N–H and O–H groups in total. The molecule has 19 heavy (non-hydrogen) atoms. The number of benzene rings is 2. The van der Waals surface area contributed by atoms with Gasteiger partial charge in [0.15, 0.2) is 0 Å². The van der Waals surface area contributed by atoms with Crippen molar-refractivity contribution in [3.63, 3.8) is 0 Å². The maximum absolute atomic E-state index is 11.2. The number of carbonyl (C=O) groups excluding carboxylic acids is 1. The summed E-state index contributed by atoms with van der Waals surface area (Å²) >= 11 is 3.48. The number of nitrogens with two attached hydrogens (primary N) is 2. The van der Waals surface area contributed by atoms with Crippen molar-refractivity contribution >= 4 is 38.9 Å². The van der Waals surface area contributed by atoms with Gasteiger partial charge in [-0.25, -0.2) is 0 Å². The Labute approximate surface area is 119 Å². The summed E-state index contributed by atoms with van der Waals surface area (Å²) in [6.07, 6.45) is 0. The van der Waals surface area contributed by atoms with Crippen LogP contribution in [0.4, 0.5) is 17.1 Å². The zero-order chi connectivity index (χ0) is 14.0. The number of amides is 1. The van der Waals surface area contributed by atoms with Crippen molar-refractivity contribution in [2.45, 2.75) is 6.92 Å². The summed E-state index contributed by atoms with van der Waals surface area (Å²) in [5.74, 6) is -0.481. The standard InChI is InChI=1S/C14H14BrN3O/c1-8-2-5-12(10(15)6-8)18-13-7-9(14(17)19)3-4-11(13)16/h2-7,18H,16H2,1H3,(H2,17,19). The fraction of sp³-hybridized carbons (Fsp3) is 0.0714. The Balaban J connectivity index is 2.37. The van der Waals surface area contributed by atoms with Gasteiger partial charge in [0.2, 0.25) is 5.91 Å². The average Bonchev–Trinajstić information content (AvgIpc) is 2.34. The largest absolute Gasteiger partial charge is 0.397 e. The van der Waals surface area contributed by atoms with E-state index < -0.39 is 5.91 Å². The molecule has 0 fully saturated rings. The molecule has 0 aliphatic rings. The van der Waals surface area contributed by atoms with E-state index in [1.165, 1.54) is 0 Å². The first-order valence-electron chi connectivity index (χ1n) is 5.70. The van der Waals surface area contributed by atoms with Gasteiger partial charge in [-0.1, -0.05) is 6.07 Å². The molecule has 2 aromatic rings. The van der Waals surface area contributed by atoms with Crippen LogP contribution in [0.15, 0.2) is 40.9 Å². The van der Waals surface area contributed by atoms with Crippen LogP contribution in [-0.2, 0) is 0 Å². The molecule has 4 nitrogen and oxygen atoms in total. The highest BCUT2D eigenvalue weighted by atomic mass is 79.9. The normalized spacial score (nSPS) is 10.2. The third-order valence-corrected chi connectivity index (χ3v) is 3.39. The van der Waals surface area contributed by atoms with Gasteiger partial charge >= 0.3 is 0 Å². The second-order valence-electron chi connectivity index (χ2n) is 4.27. The maximum atomic E-state index is 11.2. The SMILES string of the molecule is Cc1ccc(Nc2cc(C(N)=O)ccc2N)c(Br)c1. The van der Waals surface area contributed by atoms with Crippen LogP contribution in [0.5, 0.6) is 0 Å². The molecule has 2 rings (SSSR count). The first kappa shape index (κ1) is 13.4. The summed E-state index contributed by atoms with van der Waals surface area (Å²) in [6, 6.07) is 10.8. The lowest BCUT2D eigenvalue weighted by molar-refractivity contribution is 0.100. The smallest absolute Gasteiger partial charge is 0.248 e. The van der Waals surface area contributed by atoms with Crippen LogP contribution >= 0.6 is 15.9 Å². The van der Waals surface area contributed by atoms with E-state index in [2.05, 4.69) is 21.2 Å². The van der Waals surface area contributed by atoms with E-state index >= 15 is 0 Å². The Morgan fingerprint density at radius 3 is 2.53 bits per heavy atom. The van der Waals surface area contributed by atoms with Crippen molar-refractivity contribution in [2.75, 3.05) is 11.1 Å². The molecular formula is C14H14BrN3O. The van der Waals surface area contributed by atoms with Crippen LogP contribution in [0.3, 0.4) is 0 Å². The maximum Gasteiger partial charge on any atom is 0.248 e. The van der Waals surface area contributed by atoms with Gasteiger partial charge in [0.05, 0.1) is 17.1 Å². The summed E-state index contributed by atoms with van der Waals surface area (Å²) in [7, 11) is 0. The topological polar surface area (TPSA) is 81.1 Å². The minimum atomic E-state index is -0.481. The van der Waals surface area contributed by atoms with Gasteiger partial charge in [-0.05, 0) is 58.7 Å². The average molecular weight is 320 g/mol. The molecule has 0 radical (unpaired) electrons. The van der Waals surface area contributed by atoms with Crippen molar-refractivity contribution in [2.24, 2.45) is 5.73 Å². The van der Waals surface area contributed by atoms with Gasteiger partial charge in [0, 0.05) is 10.0 Å². The molecule has 0 bridgehead atoms. The Hall–Kier alpha value is -2.01. The number of anilines is 3. The van der Waals surface area contributed by atoms with Crippen LogP contribution in [0, 0.1) is 6.92 Å². The van der Waals surface area contributed by atoms with E-state index in [1.807, 2.05) is 25.1 Å². The molecule has 5 heteroatoms. The van der Waals surface area contributed by atoms with Crippen molar-refractivity contribution in [3.8, 4) is 0 Å². The number of carbonyl (C=O) groups is 1. The number of aryl methyl sites for hydroxylation is 1. The molecule has 0 saturated carbocycles. The lowest BCUT2D eigenvalue weighted by Gasteiger charge is -2.12. The van der Waals surface area contributed by atoms with Crippen LogP contribution in [0.2, 0.25) is 0 Å². The molecule has 0 atom stereocenters. The highest BCUT2D eigenvalue weighted by Crippen LogP contribution is 2.30. The minimum Gasteiger partial charge on any atom is -0.397 e. The fourth-order valence-electron chi connectivity index (χ4n) is 1.68. The predicted molar refractivity (Wildman–Crippen MR) is 81.5 cm³/mol. The molecule has 0 saturated heterocycles. The lowest BCUT2D eigenvalue weighted by Crippen LogP contribution is -2.11. The van der Waals surface area contributed by atoms with E-state index in [4.69, 9.17) is 11.5 Å². The molecular weight excluding hydrogens is 306 g/mol. The van der Waals surface area contributed by atoms with Gasteiger partial charge in [0.1, 0.15) is 0 Å². The van der Waals surface area contributed by atoms with Crippen molar-refractivity contribution in [3.05, 3.63) is 52.0 Å². The molecule has 1 amide bonds. The molecule has 0 aliphatic heterocycles. The van der Waals surface area contributed by atoms with Gasteiger partial charge < -0.3 is 16.8 Å². The first-order valence-corrected chi connectivity index (χ1v) is 6.49. The van der Waals surface area contributed by atoms with Crippen LogP contribution in [0.1, 0.15) is 15.9 Å². The van der Waals surface area contributed by atoms with Gasteiger partial charge in [-0.2, -0.15) is 0 Å². The van der Waals surface area contributed by atoms with Crippen molar-refractivity contribution < 1.29 is 4.79 Å². The Morgan fingerprint density at radius 2 is 1.89 bits per heavy atom. The summed E-state index contributed by atoms with van der Waals surface area (Å²) in [5.41, 5.74) is 14.8. The van der Waals surface area contributed by atoms with Crippen LogP contribution < -0.4 is 16.8 Å². The number of hydrogen-bond donors (Lipinski definition) is 3. The predicted octanol–water partition coefficient (Wildman–Crippen LogP) is 3.18. The molecule has 0 aromatic heterocycles. The number of halogens is 1. The van der Waals surface area contributed by atoms with Crippen LogP contribution in [0.25, 0.3) is 0 Å². The Morgan fingerprint density at radius 1 is 1.16 bits per heavy atom. The number of rotatable bonds is 3. The van der Waals surface area contributed by atoms with Crippen molar-refractivity contribution in [1.29, 1.82) is 0 Å². The van der Waals surface area contributed by atoms with Gasteiger partial charge in [-0.15, -0.1) is 0 Å². The van der Waals surface area contributed by atoms with Gasteiger partial charge in [-0.3, -0.25) is 4.79 Å². The minimum absolute atomic E-state index is 0.417. The zero-order valence-electron chi connectivity index (χ0n) is 10.4. The molecule has 98 valence electrons. The second kappa shape index (κ2) is 5.32. The van der Waals surface area contributed by atoms with Crippen molar-refractivity contribution in [1.82, 2.24) is 0 Å². The molecule has 0 aliphatic carbocycles. The number of nitrogen functional groups attached to an aromatic ring is 1. The quantitative estimate of drug-likeness (QED) is 0.760. The van der Waals surface area contributed by atoms with Gasteiger partial charge in [0.25, 0.3) is 0 Å². The first-order chi connectivity index (χ1) is 8.97. The zero-order valence-corrected chi connectivity index (χ0v) is 12.0. The fourth-order valence-corrected chi connectivity index (χ4v) is 2.28. The Bertz CT molecular complexity index is 641. The lowest BCUT2D eigenvalue weighted by atomic mass is 10.1. The highest BCUT2D eigenvalue weighted by Gasteiger charge is 2.07. The van der Waals surface area contributed by atoms with E-state index in [1.54, 1.807) is 18.2 Å². The number of primary amides is 1.